The van der Waals surface area contributed by atoms with Crippen LogP contribution in [0.4, 0.5) is 4.39 Å². The molecule has 0 aliphatic heterocycles. The molecule has 3 aromatic heterocycles. The molecule has 0 atom stereocenters. The van der Waals surface area contributed by atoms with Gasteiger partial charge in [-0.1, -0.05) is 6.07 Å². The smallest absolute Gasteiger partial charge is 0.316 e. The number of methoxy groups -OCH3 is 1. The molecule has 1 aromatic carbocycles. The Morgan fingerprint density at radius 2 is 1.72 bits per heavy atom. The Balaban J connectivity index is 1.79. The number of aromatic nitrogens is 4. The summed E-state index contributed by atoms with van der Waals surface area (Å²) in [4.78, 5) is 39.7. The molecule has 0 saturated carbocycles. The van der Waals surface area contributed by atoms with Crippen molar-refractivity contribution in [3.8, 4) is 17.1 Å². The second-order valence-electron chi connectivity index (χ2n) is 6.14. The third kappa shape index (κ3) is 3.18. The Kier molecular flexibility index (Phi) is 4.47. The number of hydrogen-bond donors (Lipinski definition) is 2. The number of nitrogens with one attached hydrogen (secondary N) is 1. The number of aromatic amines is 1. The molecule has 144 valence electrons. The maximum absolute atomic E-state index is 14.6. The molecule has 0 radical (unpaired) electrons. The number of hydrogen-bond acceptors (Lipinski definition) is 6. The second-order valence-corrected chi connectivity index (χ2v) is 6.14. The van der Waals surface area contributed by atoms with Gasteiger partial charge in [-0.25, -0.2) is 19.3 Å². The first-order valence-electron chi connectivity index (χ1n) is 8.46. The fourth-order valence-electron chi connectivity index (χ4n) is 2.96. The number of carbonyl (C=O) groups excluding carboxylic acids is 2. The number of amides is 1. The minimum Gasteiger partial charge on any atom is -0.467 e. The van der Waals surface area contributed by atoms with Crippen LogP contribution in [-0.2, 0) is 0 Å². The molecule has 1 amide bonds. The Hall–Kier alpha value is -4.14. The normalized spacial score (nSPS) is 10.8. The Morgan fingerprint density at radius 1 is 1.03 bits per heavy atom. The van der Waals surface area contributed by atoms with Gasteiger partial charge < -0.3 is 15.5 Å². The number of benzene rings is 1. The van der Waals surface area contributed by atoms with Crippen LogP contribution in [0, 0.1) is 5.82 Å². The summed E-state index contributed by atoms with van der Waals surface area (Å²) in [6.07, 6.45) is 6.19. The monoisotopic (exact) mass is 391 g/mol. The zero-order chi connectivity index (χ0) is 20.5. The SMILES string of the molecule is COc1ncc(-c2cnc3[nH]cc(C(=O)c4cccc(C(N)=O)c4F)c3c2)cn1. The van der Waals surface area contributed by atoms with Gasteiger partial charge >= 0.3 is 6.01 Å². The van der Waals surface area contributed by atoms with Crippen molar-refractivity contribution in [2.45, 2.75) is 0 Å². The van der Waals surface area contributed by atoms with Gasteiger partial charge in [0.1, 0.15) is 11.5 Å². The van der Waals surface area contributed by atoms with Crippen molar-refractivity contribution < 1.29 is 18.7 Å². The molecule has 0 unspecified atom stereocenters. The fraction of sp³-hybridized carbons (Fsp3) is 0.0500. The zero-order valence-corrected chi connectivity index (χ0v) is 15.1. The zero-order valence-electron chi connectivity index (χ0n) is 15.1. The van der Waals surface area contributed by atoms with Crippen LogP contribution in [0.5, 0.6) is 6.01 Å². The lowest BCUT2D eigenvalue weighted by Crippen LogP contribution is -2.16. The lowest BCUT2D eigenvalue weighted by molar-refractivity contribution is 0.0996. The van der Waals surface area contributed by atoms with Gasteiger partial charge in [-0.05, 0) is 18.2 Å². The number of ketones is 1. The van der Waals surface area contributed by atoms with E-state index in [1.807, 2.05) is 0 Å². The van der Waals surface area contributed by atoms with Gasteiger partial charge in [-0.3, -0.25) is 9.59 Å². The summed E-state index contributed by atoms with van der Waals surface area (Å²) in [6.45, 7) is 0. The molecular formula is C20H14FN5O3. The van der Waals surface area contributed by atoms with E-state index in [0.717, 1.165) is 0 Å². The number of nitrogens with two attached hydrogens (primary N) is 1. The third-order valence-electron chi connectivity index (χ3n) is 4.43. The van der Waals surface area contributed by atoms with Crippen molar-refractivity contribution in [2.24, 2.45) is 5.73 Å². The van der Waals surface area contributed by atoms with Crippen LogP contribution in [0.2, 0.25) is 0 Å². The van der Waals surface area contributed by atoms with Crippen molar-refractivity contribution in [2.75, 3.05) is 7.11 Å². The molecule has 0 bridgehead atoms. The minimum atomic E-state index is -0.952. The van der Waals surface area contributed by atoms with Crippen molar-refractivity contribution in [1.29, 1.82) is 0 Å². The van der Waals surface area contributed by atoms with Crippen LogP contribution >= 0.6 is 0 Å². The average molecular weight is 391 g/mol. The molecule has 4 aromatic rings. The van der Waals surface area contributed by atoms with E-state index in [1.165, 1.54) is 31.5 Å². The molecule has 0 spiro atoms. The van der Waals surface area contributed by atoms with Gasteiger partial charge in [0.2, 0.25) is 0 Å². The molecule has 0 aliphatic carbocycles. The van der Waals surface area contributed by atoms with Crippen LogP contribution in [0.1, 0.15) is 26.3 Å². The standard InChI is InChI=1S/C20H14FN5O3/c1-29-20-25-7-11(8-26-20)10-5-14-15(9-24-19(14)23-6-10)17(27)12-3-2-4-13(16(12)21)18(22)28/h2-9H,1H3,(H2,22,28)(H,23,24). The van der Waals surface area contributed by atoms with Crippen LogP contribution in [-0.4, -0.2) is 38.7 Å². The summed E-state index contributed by atoms with van der Waals surface area (Å²) >= 11 is 0. The molecule has 29 heavy (non-hydrogen) atoms. The summed E-state index contributed by atoms with van der Waals surface area (Å²) in [6, 6.07) is 5.89. The summed E-state index contributed by atoms with van der Waals surface area (Å²) in [7, 11) is 1.46. The first kappa shape index (κ1) is 18.2. The maximum atomic E-state index is 14.6. The number of halogens is 1. The van der Waals surface area contributed by atoms with E-state index in [-0.39, 0.29) is 22.7 Å². The molecule has 0 aliphatic rings. The Labute approximate surface area is 163 Å². The Bertz CT molecular complexity index is 1250. The van der Waals surface area contributed by atoms with Crippen LogP contribution in [0.25, 0.3) is 22.2 Å². The average Bonchev–Trinajstić information content (AvgIpc) is 3.16. The van der Waals surface area contributed by atoms with Crippen LogP contribution < -0.4 is 10.5 Å². The van der Waals surface area contributed by atoms with E-state index in [4.69, 9.17) is 10.5 Å². The van der Waals surface area contributed by atoms with Gasteiger partial charge in [0.15, 0.2) is 5.78 Å². The second kappa shape index (κ2) is 7.12. The molecule has 0 fully saturated rings. The van der Waals surface area contributed by atoms with Crippen LogP contribution in [0.3, 0.4) is 0 Å². The van der Waals surface area contributed by atoms with Crippen molar-refractivity contribution in [3.63, 3.8) is 0 Å². The predicted molar refractivity (Wildman–Crippen MR) is 102 cm³/mol. The van der Waals surface area contributed by atoms with E-state index in [0.29, 0.717) is 22.2 Å². The number of ether oxygens (including phenoxy) is 1. The van der Waals surface area contributed by atoms with E-state index in [9.17, 15) is 14.0 Å². The first-order chi connectivity index (χ1) is 14.0. The molecule has 8 nitrogen and oxygen atoms in total. The highest BCUT2D eigenvalue weighted by atomic mass is 19.1. The first-order valence-corrected chi connectivity index (χ1v) is 8.46. The van der Waals surface area contributed by atoms with Gasteiger partial charge in [0.25, 0.3) is 5.91 Å². The fourth-order valence-corrected chi connectivity index (χ4v) is 2.96. The number of pyridine rings is 1. The van der Waals surface area contributed by atoms with Gasteiger partial charge in [0.05, 0.1) is 18.2 Å². The highest BCUT2D eigenvalue weighted by molar-refractivity contribution is 6.17. The molecule has 3 N–H and O–H groups in total. The van der Waals surface area contributed by atoms with Gasteiger partial charge in [-0.15, -0.1) is 0 Å². The maximum Gasteiger partial charge on any atom is 0.316 e. The van der Waals surface area contributed by atoms with Crippen LogP contribution in [0.15, 0.2) is 49.1 Å². The number of primary amides is 1. The quantitative estimate of drug-likeness (QED) is 0.504. The molecule has 9 heteroatoms. The predicted octanol–water partition coefficient (Wildman–Crippen LogP) is 2.50. The van der Waals surface area contributed by atoms with Crippen molar-refractivity contribution in [1.82, 2.24) is 19.9 Å². The molecule has 0 saturated heterocycles. The number of H-pyrrole nitrogens is 1. The highest BCUT2D eigenvalue weighted by Gasteiger charge is 2.22. The van der Waals surface area contributed by atoms with Crippen molar-refractivity contribution in [3.05, 3.63) is 71.6 Å². The van der Waals surface area contributed by atoms with Gasteiger partial charge in [0, 0.05) is 46.9 Å². The summed E-state index contributed by atoms with van der Waals surface area (Å²) in [5.74, 6) is -2.49. The number of rotatable bonds is 5. The summed E-state index contributed by atoms with van der Waals surface area (Å²) in [5, 5.41) is 0.493. The van der Waals surface area contributed by atoms with E-state index in [1.54, 1.807) is 24.7 Å². The topological polar surface area (TPSA) is 124 Å². The molecule has 3 heterocycles. The summed E-state index contributed by atoms with van der Waals surface area (Å²) in [5.41, 5.74) is 6.58. The number of fused-ring (bicyclic) bond motifs is 1. The minimum absolute atomic E-state index is 0.212. The molecule has 4 rings (SSSR count). The largest absolute Gasteiger partial charge is 0.467 e. The van der Waals surface area contributed by atoms with Gasteiger partial charge in [-0.2, -0.15) is 0 Å². The van der Waals surface area contributed by atoms with E-state index in [2.05, 4.69) is 19.9 Å². The summed E-state index contributed by atoms with van der Waals surface area (Å²) < 4.78 is 19.5. The molecular weight excluding hydrogens is 377 g/mol. The van der Waals surface area contributed by atoms with E-state index < -0.39 is 17.5 Å². The third-order valence-corrected chi connectivity index (χ3v) is 4.43. The Morgan fingerprint density at radius 3 is 2.41 bits per heavy atom. The lowest BCUT2D eigenvalue weighted by atomic mass is 9.99. The number of carbonyl (C=O) groups is 2. The lowest BCUT2D eigenvalue weighted by Gasteiger charge is -2.06. The van der Waals surface area contributed by atoms with Crippen molar-refractivity contribution >= 4 is 22.7 Å². The number of nitrogens with zero attached hydrogens (tertiary/aromatic N) is 3. The highest BCUT2D eigenvalue weighted by Crippen LogP contribution is 2.27. The van der Waals surface area contributed by atoms with E-state index >= 15 is 0 Å².